The van der Waals surface area contributed by atoms with Gasteiger partial charge in [-0.05, 0) is 55.5 Å². The van der Waals surface area contributed by atoms with E-state index in [1.165, 1.54) is 4.90 Å². The standard InChI is InChI=1S/C31H39N3O4S/c1-6-25(4)32-31(36)29(20-26-13-9-7-10-14-26)33(21-27-15-11-8-12-16-27)30(35)22-34(39(5,37)38)28-19-23(2)17-18-24(28)3/h7-19,25,29H,6,20-22H2,1-5H3,(H,32,36)/t25-,29-/m0/s1. The number of sulfonamides is 1. The number of rotatable bonds is 12. The number of nitrogens with zero attached hydrogens (tertiary/aromatic N) is 2. The van der Waals surface area contributed by atoms with Crippen LogP contribution >= 0.6 is 0 Å². The van der Waals surface area contributed by atoms with Gasteiger partial charge in [0.25, 0.3) is 0 Å². The molecule has 2 atom stereocenters. The van der Waals surface area contributed by atoms with Gasteiger partial charge < -0.3 is 10.2 Å². The summed E-state index contributed by atoms with van der Waals surface area (Å²) in [6.45, 7) is 7.34. The fraction of sp³-hybridized carbons (Fsp3) is 0.355. The molecule has 2 amide bonds. The Kier molecular flexibility index (Phi) is 10.3. The Morgan fingerprint density at radius 1 is 0.897 bits per heavy atom. The molecule has 3 rings (SSSR count). The smallest absolute Gasteiger partial charge is 0.244 e. The summed E-state index contributed by atoms with van der Waals surface area (Å²) in [5, 5.41) is 3.04. The van der Waals surface area contributed by atoms with Crippen molar-refractivity contribution in [3.63, 3.8) is 0 Å². The lowest BCUT2D eigenvalue weighted by molar-refractivity contribution is -0.140. The molecule has 0 aromatic heterocycles. The normalized spacial score (nSPS) is 12.8. The minimum absolute atomic E-state index is 0.0769. The molecule has 0 aliphatic carbocycles. The van der Waals surface area contributed by atoms with Gasteiger partial charge in [-0.25, -0.2) is 8.42 Å². The number of carbonyl (C=O) groups is 2. The highest BCUT2D eigenvalue weighted by Gasteiger charge is 2.33. The second kappa shape index (κ2) is 13.4. The first-order valence-electron chi connectivity index (χ1n) is 13.2. The topological polar surface area (TPSA) is 86.8 Å². The van der Waals surface area contributed by atoms with Crippen LogP contribution in [0.3, 0.4) is 0 Å². The van der Waals surface area contributed by atoms with Gasteiger partial charge in [-0.15, -0.1) is 0 Å². The van der Waals surface area contributed by atoms with Crippen LogP contribution in [0.25, 0.3) is 0 Å². The predicted octanol–water partition coefficient (Wildman–Crippen LogP) is 4.62. The van der Waals surface area contributed by atoms with Gasteiger partial charge in [-0.2, -0.15) is 0 Å². The maximum Gasteiger partial charge on any atom is 0.244 e. The predicted molar refractivity (Wildman–Crippen MR) is 157 cm³/mol. The highest BCUT2D eigenvalue weighted by atomic mass is 32.2. The van der Waals surface area contributed by atoms with Crippen molar-refractivity contribution >= 4 is 27.5 Å². The van der Waals surface area contributed by atoms with Crippen molar-refractivity contribution in [3.05, 3.63) is 101 Å². The van der Waals surface area contributed by atoms with Gasteiger partial charge in [-0.3, -0.25) is 13.9 Å². The van der Waals surface area contributed by atoms with Crippen molar-refractivity contribution in [1.82, 2.24) is 10.2 Å². The first-order chi connectivity index (χ1) is 18.5. The Bertz CT molecular complexity index is 1360. The quantitative estimate of drug-likeness (QED) is 0.357. The van der Waals surface area contributed by atoms with E-state index in [-0.39, 0.29) is 18.5 Å². The highest BCUT2D eigenvalue weighted by Crippen LogP contribution is 2.25. The number of hydrogen-bond donors (Lipinski definition) is 1. The molecule has 3 aromatic carbocycles. The average Bonchev–Trinajstić information content (AvgIpc) is 2.91. The van der Waals surface area contributed by atoms with Gasteiger partial charge in [0, 0.05) is 19.0 Å². The molecule has 1 N–H and O–H groups in total. The van der Waals surface area contributed by atoms with Gasteiger partial charge in [0.1, 0.15) is 12.6 Å². The van der Waals surface area contributed by atoms with Crippen molar-refractivity contribution in [3.8, 4) is 0 Å². The molecule has 0 fully saturated rings. The van der Waals surface area contributed by atoms with Crippen LogP contribution in [0.4, 0.5) is 5.69 Å². The molecular formula is C31H39N3O4S. The van der Waals surface area contributed by atoms with Gasteiger partial charge in [-0.1, -0.05) is 79.7 Å². The molecule has 0 aliphatic heterocycles. The molecule has 0 aliphatic rings. The lowest BCUT2D eigenvalue weighted by Crippen LogP contribution is -2.54. The molecule has 7 nitrogen and oxygen atoms in total. The zero-order valence-electron chi connectivity index (χ0n) is 23.4. The minimum atomic E-state index is -3.80. The fourth-order valence-corrected chi connectivity index (χ4v) is 5.26. The number of hydrogen-bond acceptors (Lipinski definition) is 4. The van der Waals surface area contributed by atoms with Crippen LogP contribution in [0.1, 0.15) is 42.5 Å². The van der Waals surface area contributed by atoms with E-state index in [0.29, 0.717) is 12.1 Å². The van der Waals surface area contributed by atoms with E-state index < -0.39 is 28.5 Å². The zero-order valence-corrected chi connectivity index (χ0v) is 24.2. The second-order valence-corrected chi connectivity index (χ2v) is 12.0. The monoisotopic (exact) mass is 549 g/mol. The largest absolute Gasteiger partial charge is 0.352 e. The summed E-state index contributed by atoms with van der Waals surface area (Å²) in [4.78, 5) is 29.3. The molecule has 208 valence electrons. The number of nitrogens with one attached hydrogen (secondary N) is 1. The zero-order chi connectivity index (χ0) is 28.6. The van der Waals surface area contributed by atoms with Crippen LogP contribution in [0, 0.1) is 13.8 Å². The van der Waals surface area contributed by atoms with E-state index in [1.807, 2.05) is 100 Å². The Morgan fingerprint density at radius 2 is 1.49 bits per heavy atom. The summed E-state index contributed by atoms with van der Waals surface area (Å²) >= 11 is 0. The molecular weight excluding hydrogens is 510 g/mol. The molecule has 0 heterocycles. The second-order valence-electron chi connectivity index (χ2n) is 10.1. The Balaban J connectivity index is 2.06. The molecule has 0 saturated carbocycles. The molecule has 0 bridgehead atoms. The van der Waals surface area contributed by atoms with Crippen molar-refractivity contribution < 1.29 is 18.0 Å². The first kappa shape index (κ1) is 29.9. The van der Waals surface area contributed by atoms with E-state index in [4.69, 9.17) is 0 Å². The summed E-state index contributed by atoms with van der Waals surface area (Å²) in [6, 6.07) is 23.6. The van der Waals surface area contributed by atoms with Gasteiger partial charge in [0.2, 0.25) is 21.8 Å². The molecule has 8 heteroatoms. The van der Waals surface area contributed by atoms with Crippen LogP contribution in [-0.4, -0.2) is 50.0 Å². The third-order valence-corrected chi connectivity index (χ3v) is 7.91. The van der Waals surface area contributed by atoms with E-state index in [1.54, 1.807) is 6.07 Å². The van der Waals surface area contributed by atoms with E-state index in [9.17, 15) is 18.0 Å². The molecule has 0 saturated heterocycles. The Morgan fingerprint density at radius 3 is 2.05 bits per heavy atom. The van der Waals surface area contributed by atoms with E-state index in [0.717, 1.165) is 39.2 Å². The van der Waals surface area contributed by atoms with E-state index in [2.05, 4.69) is 5.32 Å². The Hall–Kier alpha value is -3.65. The van der Waals surface area contributed by atoms with Crippen LogP contribution in [0.2, 0.25) is 0 Å². The first-order valence-corrected chi connectivity index (χ1v) is 15.1. The molecule has 0 spiro atoms. The number of amides is 2. The van der Waals surface area contributed by atoms with Gasteiger partial charge in [0.15, 0.2) is 0 Å². The SMILES string of the molecule is CC[C@H](C)NC(=O)[C@H](Cc1ccccc1)N(Cc1ccccc1)C(=O)CN(c1cc(C)ccc1C)S(C)(=O)=O. The maximum atomic E-state index is 14.1. The fourth-order valence-electron chi connectivity index (χ4n) is 4.36. The van der Waals surface area contributed by atoms with Crippen molar-refractivity contribution in [2.75, 3.05) is 17.1 Å². The molecule has 39 heavy (non-hydrogen) atoms. The lowest BCUT2D eigenvalue weighted by atomic mass is 10.0. The van der Waals surface area contributed by atoms with Crippen LogP contribution in [0.5, 0.6) is 0 Å². The maximum absolute atomic E-state index is 14.1. The van der Waals surface area contributed by atoms with Crippen molar-refractivity contribution in [1.29, 1.82) is 0 Å². The number of carbonyl (C=O) groups excluding carboxylic acids is 2. The van der Waals surface area contributed by atoms with E-state index >= 15 is 0 Å². The summed E-state index contributed by atoms with van der Waals surface area (Å²) in [6.07, 6.45) is 2.13. The third-order valence-electron chi connectivity index (χ3n) is 6.78. The van der Waals surface area contributed by atoms with Gasteiger partial charge >= 0.3 is 0 Å². The third kappa shape index (κ3) is 8.42. The van der Waals surface area contributed by atoms with Crippen molar-refractivity contribution in [2.45, 2.75) is 59.2 Å². The number of benzene rings is 3. The average molecular weight is 550 g/mol. The molecule has 3 aromatic rings. The highest BCUT2D eigenvalue weighted by molar-refractivity contribution is 7.92. The van der Waals surface area contributed by atoms with Crippen molar-refractivity contribution in [2.24, 2.45) is 0 Å². The van der Waals surface area contributed by atoms with Crippen LogP contribution in [-0.2, 0) is 32.6 Å². The number of aryl methyl sites for hydroxylation is 2. The Labute approximate surface area is 232 Å². The minimum Gasteiger partial charge on any atom is -0.352 e. The molecule has 0 radical (unpaired) electrons. The lowest BCUT2D eigenvalue weighted by Gasteiger charge is -2.34. The number of anilines is 1. The van der Waals surface area contributed by atoms with Gasteiger partial charge in [0.05, 0.1) is 11.9 Å². The summed E-state index contributed by atoms with van der Waals surface area (Å²) in [7, 11) is -3.80. The summed E-state index contributed by atoms with van der Waals surface area (Å²) in [5.41, 5.74) is 3.82. The summed E-state index contributed by atoms with van der Waals surface area (Å²) in [5.74, 6) is -0.722. The summed E-state index contributed by atoms with van der Waals surface area (Å²) < 4.78 is 27.1. The van der Waals surface area contributed by atoms with Crippen LogP contribution < -0.4 is 9.62 Å². The van der Waals surface area contributed by atoms with Crippen LogP contribution in [0.15, 0.2) is 78.9 Å². The molecule has 0 unspecified atom stereocenters.